The van der Waals surface area contributed by atoms with Crippen molar-refractivity contribution in [3.63, 3.8) is 0 Å². The highest BCUT2D eigenvalue weighted by Crippen LogP contribution is 2.25. The zero-order valence-electron chi connectivity index (χ0n) is 16.2. The summed E-state index contributed by atoms with van der Waals surface area (Å²) < 4.78 is 6.03. The second-order valence-corrected chi connectivity index (χ2v) is 7.42. The van der Waals surface area contributed by atoms with Crippen LogP contribution in [0.4, 0.5) is 5.82 Å². The third-order valence-electron chi connectivity index (χ3n) is 5.33. The van der Waals surface area contributed by atoms with Crippen LogP contribution in [0.2, 0.25) is 0 Å². The lowest BCUT2D eigenvalue weighted by molar-refractivity contribution is 0.215. The Kier molecular flexibility index (Phi) is 6.35. The van der Waals surface area contributed by atoms with Crippen molar-refractivity contribution in [2.24, 2.45) is 5.92 Å². The van der Waals surface area contributed by atoms with E-state index in [-0.39, 0.29) is 0 Å². The topological polar surface area (TPSA) is 59.1 Å². The zero-order chi connectivity index (χ0) is 19.0. The molecule has 1 aromatic heterocycles. The summed E-state index contributed by atoms with van der Waals surface area (Å²) in [5, 5.41) is 7.89. The molecule has 0 bridgehead atoms. The van der Waals surface area contributed by atoms with E-state index in [0.29, 0.717) is 5.92 Å². The van der Waals surface area contributed by atoms with Crippen molar-refractivity contribution < 1.29 is 4.74 Å². The monoisotopic (exact) mass is 376 g/mol. The number of nitrogens with zero attached hydrogens (tertiary/aromatic N) is 2. The quantitative estimate of drug-likeness (QED) is 0.581. The Morgan fingerprint density at radius 3 is 2.75 bits per heavy atom. The van der Waals surface area contributed by atoms with Gasteiger partial charge in [0.15, 0.2) is 0 Å². The lowest BCUT2D eigenvalue weighted by Crippen LogP contribution is -2.30. The second kappa shape index (κ2) is 9.51. The van der Waals surface area contributed by atoms with Gasteiger partial charge in [0.2, 0.25) is 0 Å². The van der Waals surface area contributed by atoms with Gasteiger partial charge in [-0.05, 0) is 62.4 Å². The maximum absolute atomic E-state index is 6.03. The number of fused-ring (bicyclic) bond motifs is 1. The summed E-state index contributed by atoms with van der Waals surface area (Å²) in [6, 6.07) is 16.7. The van der Waals surface area contributed by atoms with Crippen LogP contribution in [0.1, 0.15) is 24.8 Å². The predicted octanol–water partition coefficient (Wildman–Crippen LogP) is 4.05. The number of nitrogens with one attached hydrogen (secondary N) is 2. The van der Waals surface area contributed by atoms with Crippen LogP contribution >= 0.6 is 0 Å². The smallest absolute Gasteiger partial charge is 0.137 e. The summed E-state index contributed by atoms with van der Waals surface area (Å²) in [5.41, 5.74) is 2.29. The molecule has 1 aliphatic rings. The maximum Gasteiger partial charge on any atom is 0.137 e. The number of hydrogen-bond donors (Lipinski definition) is 2. The Hall–Kier alpha value is -2.66. The molecular formula is C23H28N4O. The Bertz CT molecular complexity index is 878. The molecule has 1 saturated heterocycles. The Balaban J connectivity index is 1.33. The lowest BCUT2D eigenvalue weighted by Gasteiger charge is -2.22. The van der Waals surface area contributed by atoms with Crippen LogP contribution < -0.4 is 15.4 Å². The number of rotatable bonds is 8. The van der Waals surface area contributed by atoms with Gasteiger partial charge in [0, 0.05) is 18.0 Å². The van der Waals surface area contributed by atoms with E-state index in [0.717, 1.165) is 61.6 Å². The molecule has 0 radical (unpaired) electrons. The van der Waals surface area contributed by atoms with Gasteiger partial charge in [-0.25, -0.2) is 9.97 Å². The largest absolute Gasteiger partial charge is 0.493 e. The Morgan fingerprint density at radius 2 is 1.89 bits per heavy atom. The van der Waals surface area contributed by atoms with Crippen LogP contribution in [0, 0.1) is 5.92 Å². The number of anilines is 1. The van der Waals surface area contributed by atoms with Gasteiger partial charge >= 0.3 is 0 Å². The van der Waals surface area contributed by atoms with Crippen LogP contribution in [-0.4, -0.2) is 36.2 Å². The summed E-state index contributed by atoms with van der Waals surface area (Å²) in [5.74, 6) is 2.42. The van der Waals surface area contributed by atoms with E-state index in [1.807, 2.05) is 12.1 Å². The summed E-state index contributed by atoms with van der Waals surface area (Å²) >= 11 is 0. The van der Waals surface area contributed by atoms with E-state index in [1.165, 1.54) is 18.4 Å². The van der Waals surface area contributed by atoms with E-state index in [4.69, 9.17) is 4.74 Å². The summed E-state index contributed by atoms with van der Waals surface area (Å²) in [6.45, 7) is 3.86. The SMILES string of the molecule is c1ccc(CCCNc2ncnc3cc(OCC4CCNCC4)ccc23)cc1. The molecule has 3 aromatic rings. The van der Waals surface area contributed by atoms with E-state index < -0.39 is 0 Å². The number of ether oxygens (including phenoxy) is 1. The highest BCUT2D eigenvalue weighted by Gasteiger charge is 2.14. The summed E-state index contributed by atoms with van der Waals surface area (Å²) in [7, 11) is 0. The molecule has 0 unspecified atom stereocenters. The fourth-order valence-electron chi connectivity index (χ4n) is 3.67. The molecule has 5 nitrogen and oxygen atoms in total. The van der Waals surface area contributed by atoms with Crippen molar-refractivity contribution in [1.29, 1.82) is 0 Å². The van der Waals surface area contributed by atoms with Crippen molar-refractivity contribution >= 4 is 16.7 Å². The maximum atomic E-state index is 6.03. The first kappa shape index (κ1) is 18.7. The number of piperidine rings is 1. The molecule has 1 fully saturated rings. The standard InChI is InChI=1S/C23H28N4O/c1-2-5-18(6-3-1)7-4-12-25-23-21-9-8-20(15-22(21)26-17-27-23)28-16-19-10-13-24-14-11-19/h1-3,5-6,8-9,15,17,19,24H,4,7,10-14,16H2,(H,25,26,27). The van der Waals surface area contributed by atoms with Crippen LogP contribution in [0.25, 0.3) is 10.9 Å². The van der Waals surface area contributed by atoms with Crippen molar-refractivity contribution in [3.8, 4) is 5.75 Å². The average Bonchev–Trinajstić information content (AvgIpc) is 2.76. The van der Waals surface area contributed by atoms with Crippen LogP contribution in [0.5, 0.6) is 5.75 Å². The van der Waals surface area contributed by atoms with E-state index in [2.05, 4.69) is 57.0 Å². The molecular weight excluding hydrogens is 348 g/mol. The minimum Gasteiger partial charge on any atom is -0.493 e. The molecule has 2 N–H and O–H groups in total. The highest BCUT2D eigenvalue weighted by molar-refractivity contribution is 5.89. The van der Waals surface area contributed by atoms with Crippen molar-refractivity contribution in [2.45, 2.75) is 25.7 Å². The number of hydrogen-bond acceptors (Lipinski definition) is 5. The predicted molar refractivity (Wildman–Crippen MR) is 114 cm³/mol. The molecule has 5 heteroatoms. The van der Waals surface area contributed by atoms with Gasteiger partial charge in [0.25, 0.3) is 0 Å². The summed E-state index contributed by atoms with van der Waals surface area (Å²) in [6.07, 6.45) is 6.12. The van der Waals surface area contributed by atoms with Crippen LogP contribution in [-0.2, 0) is 6.42 Å². The molecule has 4 rings (SSSR count). The third-order valence-corrected chi connectivity index (χ3v) is 5.33. The molecule has 28 heavy (non-hydrogen) atoms. The minimum absolute atomic E-state index is 0.643. The van der Waals surface area contributed by atoms with Gasteiger partial charge in [0.05, 0.1) is 12.1 Å². The second-order valence-electron chi connectivity index (χ2n) is 7.42. The van der Waals surface area contributed by atoms with Gasteiger partial charge in [-0.3, -0.25) is 0 Å². The first-order valence-corrected chi connectivity index (χ1v) is 10.2. The number of benzene rings is 2. The molecule has 2 heterocycles. The van der Waals surface area contributed by atoms with Gasteiger partial charge in [0.1, 0.15) is 17.9 Å². The third kappa shape index (κ3) is 4.98. The zero-order valence-corrected chi connectivity index (χ0v) is 16.2. The molecule has 1 aliphatic heterocycles. The average molecular weight is 377 g/mol. The van der Waals surface area contributed by atoms with E-state index in [9.17, 15) is 0 Å². The number of aryl methyl sites for hydroxylation is 1. The minimum atomic E-state index is 0.643. The molecule has 146 valence electrons. The fraction of sp³-hybridized carbons (Fsp3) is 0.391. The lowest BCUT2D eigenvalue weighted by atomic mass is 9.99. The van der Waals surface area contributed by atoms with E-state index >= 15 is 0 Å². The number of aromatic nitrogens is 2. The van der Waals surface area contributed by atoms with Gasteiger partial charge in [-0.15, -0.1) is 0 Å². The van der Waals surface area contributed by atoms with Crippen molar-refractivity contribution in [3.05, 3.63) is 60.4 Å². The highest BCUT2D eigenvalue weighted by atomic mass is 16.5. The summed E-state index contributed by atoms with van der Waals surface area (Å²) in [4.78, 5) is 8.86. The molecule has 0 aliphatic carbocycles. The Morgan fingerprint density at radius 1 is 1.04 bits per heavy atom. The molecule has 0 spiro atoms. The molecule has 2 aromatic carbocycles. The van der Waals surface area contributed by atoms with Gasteiger partial charge in [-0.1, -0.05) is 30.3 Å². The van der Waals surface area contributed by atoms with Gasteiger partial charge < -0.3 is 15.4 Å². The van der Waals surface area contributed by atoms with Crippen molar-refractivity contribution in [1.82, 2.24) is 15.3 Å². The fourth-order valence-corrected chi connectivity index (χ4v) is 3.67. The van der Waals surface area contributed by atoms with E-state index in [1.54, 1.807) is 6.33 Å². The normalized spacial score (nSPS) is 14.9. The molecule has 0 amide bonds. The van der Waals surface area contributed by atoms with Crippen LogP contribution in [0.3, 0.4) is 0 Å². The van der Waals surface area contributed by atoms with Gasteiger partial charge in [-0.2, -0.15) is 0 Å². The molecule has 0 atom stereocenters. The van der Waals surface area contributed by atoms with Crippen molar-refractivity contribution in [2.75, 3.05) is 31.6 Å². The Labute approximate surface area is 166 Å². The first-order chi connectivity index (χ1) is 13.9. The first-order valence-electron chi connectivity index (χ1n) is 10.2. The molecule has 0 saturated carbocycles. The van der Waals surface area contributed by atoms with Crippen LogP contribution in [0.15, 0.2) is 54.9 Å².